The standard InChI is InChI=1S/C17H33F3N4O2S.HI/c1-4-7-8-14(5-2)13-22-16(21-6-3)23-15-9-11-24(12-10-15)27(25,26)17(18,19)20;/h14-15H,4-13H2,1-3H3,(H2,21,22,23);1H. The number of unbranched alkanes of at least 4 members (excludes halogenated alkanes) is 1. The van der Waals surface area contributed by atoms with E-state index in [0.29, 0.717) is 42.1 Å². The molecule has 1 fully saturated rings. The summed E-state index contributed by atoms with van der Waals surface area (Å²) in [5.74, 6) is 1.16. The maximum atomic E-state index is 12.6. The molecule has 2 N–H and O–H groups in total. The molecule has 1 aliphatic rings. The summed E-state index contributed by atoms with van der Waals surface area (Å²) in [6.07, 6.45) is 5.13. The Labute approximate surface area is 184 Å². The van der Waals surface area contributed by atoms with Gasteiger partial charge in [-0.3, -0.25) is 4.99 Å². The van der Waals surface area contributed by atoms with Crippen molar-refractivity contribution in [2.75, 3.05) is 26.2 Å². The highest BCUT2D eigenvalue weighted by Gasteiger charge is 2.50. The minimum absolute atomic E-state index is 0. The molecule has 1 rings (SSSR count). The van der Waals surface area contributed by atoms with E-state index in [0.717, 1.165) is 19.3 Å². The lowest BCUT2D eigenvalue weighted by molar-refractivity contribution is -0.0494. The summed E-state index contributed by atoms with van der Waals surface area (Å²) in [6, 6.07) is -0.0989. The Kier molecular flexibility index (Phi) is 13.0. The number of guanidine groups is 1. The molecule has 1 unspecified atom stereocenters. The number of halogens is 4. The van der Waals surface area contributed by atoms with Gasteiger partial charge in [0, 0.05) is 32.2 Å². The molecule has 0 saturated carbocycles. The van der Waals surface area contributed by atoms with E-state index < -0.39 is 15.5 Å². The molecule has 0 aromatic heterocycles. The predicted molar refractivity (Wildman–Crippen MR) is 117 cm³/mol. The Hall–Kier alpha value is -0.300. The van der Waals surface area contributed by atoms with Crippen molar-refractivity contribution in [2.24, 2.45) is 10.9 Å². The van der Waals surface area contributed by atoms with Crippen LogP contribution in [0.5, 0.6) is 0 Å². The van der Waals surface area contributed by atoms with Gasteiger partial charge in [-0.25, -0.2) is 8.42 Å². The first-order valence-corrected chi connectivity index (χ1v) is 11.2. The third-order valence-electron chi connectivity index (χ3n) is 4.82. The first kappa shape index (κ1) is 27.7. The zero-order chi connectivity index (χ0) is 20.5. The first-order valence-electron chi connectivity index (χ1n) is 9.76. The van der Waals surface area contributed by atoms with Crippen LogP contribution in [-0.4, -0.2) is 56.4 Å². The second-order valence-electron chi connectivity index (χ2n) is 6.90. The van der Waals surface area contributed by atoms with E-state index in [4.69, 9.17) is 0 Å². The van der Waals surface area contributed by atoms with E-state index in [1.54, 1.807) is 0 Å². The lowest BCUT2D eigenvalue weighted by Crippen LogP contribution is -2.51. The zero-order valence-corrected chi connectivity index (χ0v) is 20.0. The fourth-order valence-electron chi connectivity index (χ4n) is 3.04. The monoisotopic (exact) mass is 542 g/mol. The molecule has 1 saturated heterocycles. The van der Waals surface area contributed by atoms with Crippen LogP contribution >= 0.6 is 24.0 Å². The Bertz CT molecular complexity index is 565. The molecule has 0 radical (unpaired) electrons. The highest BCUT2D eigenvalue weighted by atomic mass is 127. The molecular formula is C17H34F3IN4O2S. The minimum atomic E-state index is -5.24. The summed E-state index contributed by atoms with van der Waals surface area (Å²) in [5, 5.41) is 6.40. The number of alkyl halides is 3. The van der Waals surface area contributed by atoms with Crippen LogP contribution in [0.1, 0.15) is 59.3 Å². The Morgan fingerprint density at radius 2 is 1.82 bits per heavy atom. The highest BCUT2D eigenvalue weighted by Crippen LogP contribution is 2.28. The summed E-state index contributed by atoms with van der Waals surface area (Å²) in [4.78, 5) is 4.62. The second-order valence-corrected chi connectivity index (χ2v) is 8.83. The molecule has 168 valence electrons. The lowest BCUT2D eigenvalue weighted by atomic mass is 10.00. The average molecular weight is 542 g/mol. The van der Waals surface area contributed by atoms with Crippen molar-refractivity contribution < 1.29 is 21.6 Å². The molecule has 0 aromatic rings. The number of nitrogens with one attached hydrogen (secondary N) is 2. The van der Waals surface area contributed by atoms with Gasteiger partial charge >= 0.3 is 15.5 Å². The van der Waals surface area contributed by atoms with E-state index in [2.05, 4.69) is 29.5 Å². The Morgan fingerprint density at radius 3 is 2.29 bits per heavy atom. The van der Waals surface area contributed by atoms with Gasteiger partial charge in [0.1, 0.15) is 0 Å². The van der Waals surface area contributed by atoms with Gasteiger partial charge in [-0.1, -0.05) is 33.1 Å². The normalized spacial score (nSPS) is 18.4. The molecule has 0 bridgehead atoms. The van der Waals surface area contributed by atoms with Gasteiger partial charge < -0.3 is 10.6 Å². The van der Waals surface area contributed by atoms with Gasteiger partial charge in [0.25, 0.3) is 0 Å². The van der Waals surface area contributed by atoms with Crippen molar-refractivity contribution >= 4 is 40.0 Å². The van der Waals surface area contributed by atoms with E-state index in [1.807, 2.05) is 6.92 Å². The highest BCUT2D eigenvalue weighted by molar-refractivity contribution is 14.0. The van der Waals surface area contributed by atoms with E-state index in [-0.39, 0.29) is 43.1 Å². The number of rotatable bonds is 9. The smallest absolute Gasteiger partial charge is 0.357 e. The maximum Gasteiger partial charge on any atom is 0.511 e. The van der Waals surface area contributed by atoms with Crippen molar-refractivity contribution in [3.8, 4) is 0 Å². The Balaban J connectivity index is 0.00000729. The van der Waals surface area contributed by atoms with Crippen LogP contribution in [0.2, 0.25) is 0 Å². The van der Waals surface area contributed by atoms with Crippen LogP contribution in [0.3, 0.4) is 0 Å². The molecule has 0 aromatic carbocycles. The fraction of sp³-hybridized carbons (Fsp3) is 0.941. The van der Waals surface area contributed by atoms with E-state index in [1.165, 1.54) is 6.42 Å². The van der Waals surface area contributed by atoms with Gasteiger partial charge in [-0.15, -0.1) is 24.0 Å². The number of nitrogens with zero attached hydrogens (tertiary/aromatic N) is 2. The SMILES string of the molecule is CCCCC(CC)CN=C(NCC)NC1CCN(S(=O)(=O)C(F)(F)F)CC1.I. The number of piperidine rings is 1. The molecule has 11 heteroatoms. The lowest BCUT2D eigenvalue weighted by Gasteiger charge is -2.32. The van der Waals surface area contributed by atoms with E-state index in [9.17, 15) is 21.6 Å². The van der Waals surface area contributed by atoms with Crippen molar-refractivity contribution in [1.82, 2.24) is 14.9 Å². The number of hydrogen-bond donors (Lipinski definition) is 2. The molecular weight excluding hydrogens is 508 g/mol. The third-order valence-corrected chi connectivity index (χ3v) is 6.45. The van der Waals surface area contributed by atoms with Gasteiger partial charge in [0.2, 0.25) is 0 Å². The van der Waals surface area contributed by atoms with Crippen molar-refractivity contribution in [2.45, 2.75) is 70.8 Å². The van der Waals surface area contributed by atoms with Crippen LogP contribution in [0.4, 0.5) is 13.2 Å². The number of hydrogen-bond acceptors (Lipinski definition) is 3. The average Bonchev–Trinajstić information content (AvgIpc) is 2.61. The summed E-state index contributed by atoms with van der Waals surface area (Å²) in [5.41, 5.74) is -5.24. The molecule has 28 heavy (non-hydrogen) atoms. The number of sulfonamides is 1. The molecule has 1 heterocycles. The zero-order valence-electron chi connectivity index (χ0n) is 16.9. The minimum Gasteiger partial charge on any atom is -0.357 e. The molecule has 6 nitrogen and oxygen atoms in total. The van der Waals surface area contributed by atoms with Gasteiger partial charge in [-0.05, 0) is 32.1 Å². The first-order chi connectivity index (χ1) is 12.7. The summed E-state index contributed by atoms with van der Waals surface area (Å²) < 4.78 is 61.4. The van der Waals surface area contributed by atoms with Crippen molar-refractivity contribution in [3.05, 3.63) is 0 Å². The molecule has 0 aliphatic carbocycles. The van der Waals surface area contributed by atoms with Crippen molar-refractivity contribution in [1.29, 1.82) is 0 Å². The summed E-state index contributed by atoms with van der Waals surface area (Å²) >= 11 is 0. The van der Waals surface area contributed by atoms with Crippen LogP contribution in [-0.2, 0) is 10.0 Å². The van der Waals surface area contributed by atoms with Gasteiger partial charge in [0.15, 0.2) is 5.96 Å². The molecule has 0 amide bonds. The second kappa shape index (κ2) is 13.1. The summed E-state index contributed by atoms with van der Waals surface area (Å²) in [7, 11) is -5.24. The molecule has 1 aliphatic heterocycles. The summed E-state index contributed by atoms with van der Waals surface area (Å²) in [6.45, 7) is 7.34. The van der Waals surface area contributed by atoms with Gasteiger partial charge in [-0.2, -0.15) is 17.5 Å². The van der Waals surface area contributed by atoms with Crippen LogP contribution < -0.4 is 10.6 Å². The number of aliphatic imine (C=N–C) groups is 1. The van der Waals surface area contributed by atoms with Crippen molar-refractivity contribution in [3.63, 3.8) is 0 Å². The van der Waals surface area contributed by atoms with Crippen LogP contribution in [0.25, 0.3) is 0 Å². The Morgan fingerprint density at radius 1 is 1.21 bits per heavy atom. The van der Waals surface area contributed by atoms with Crippen LogP contribution in [0.15, 0.2) is 4.99 Å². The quantitative estimate of drug-likeness (QED) is 0.265. The topological polar surface area (TPSA) is 73.8 Å². The predicted octanol–water partition coefficient (Wildman–Crippen LogP) is 3.69. The largest absolute Gasteiger partial charge is 0.511 e. The van der Waals surface area contributed by atoms with Crippen LogP contribution in [0, 0.1) is 5.92 Å². The van der Waals surface area contributed by atoms with Gasteiger partial charge in [0.05, 0.1) is 0 Å². The third kappa shape index (κ3) is 8.60. The molecule has 0 spiro atoms. The maximum absolute atomic E-state index is 12.6. The fourth-order valence-corrected chi connectivity index (χ4v) is 4.02. The van der Waals surface area contributed by atoms with E-state index >= 15 is 0 Å². The molecule has 1 atom stereocenters.